The molecule has 9 heteroatoms. The molecule has 1 N–H and O–H groups in total. The number of rotatable bonds is 6. The SMILES string of the molecule is Cn1cc(CNC(=O)Cn2nc(C(F)F)c(Br)c2C2CC2)cn1. The normalized spacial score (nSPS) is 14.5. The van der Waals surface area contributed by atoms with Gasteiger partial charge < -0.3 is 5.32 Å². The first-order valence-electron chi connectivity index (χ1n) is 7.24. The lowest BCUT2D eigenvalue weighted by molar-refractivity contribution is -0.122. The molecule has 1 saturated carbocycles. The first-order valence-corrected chi connectivity index (χ1v) is 8.03. The molecule has 6 nitrogen and oxygen atoms in total. The van der Waals surface area contributed by atoms with Gasteiger partial charge in [-0.25, -0.2) is 8.78 Å². The van der Waals surface area contributed by atoms with Crippen molar-refractivity contribution in [2.24, 2.45) is 7.05 Å². The molecule has 1 fully saturated rings. The highest BCUT2D eigenvalue weighted by atomic mass is 79.9. The number of nitrogens with one attached hydrogen (secondary N) is 1. The number of hydrogen-bond acceptors (Lipinski definition) is 3. The van der Waals surface area contributed by atoms with Crippen LogP contribution in [0.1, 0.15) is 42.1 Å². The van der Waals surface area contributed by atoms with E-state index in [0.29, 0.717) is 16.7 Å². The Bertz CT molecular complexity index is 723. The monoisotopic (exact) mass is 387 g/mol. The number of hydrogen-bond donors (Lipinski definition) is 1. The van der Waals surface area contributed by atoms with E-state index in [0.717, 1.165) is 18.4 Å². The second kappa shape index (κ2) is 6.38. The summed E-state index contributed by atoms with van der Waals surface area (Å²) in [5.41, 5.74) is 1.27. The molecule has 0 unspecified atom stereocenters. The minimum Gasteiger partial charge on any atom is -0.350 e. The Balaban J connectivity index is 1.69. The fourth-order valence-corrected chi connectivity index (χ4v) is 3.22. The molecule has 0 bridgehead atoms. The molecule has 1 aliphatic rings. The van der Waals surface area contributed by atoms with Gasteiger partial charge in [0.1, 0.15) is 12.2 Å². The van der Waals surface area contributed by atoms with Crippen molar-refractivity contribution >= 4 is 21.8 Å². The summed E-state index contributed by atoms with van der Waals surface area (Å²) < 4.78 is 29.4. The van der Waals surface area contributed by atoms with E-state index in [1.807, 2.05) is 0 Å². The molecule has 23 heavy (non-hydrogen) atoms. The van der Waals surface area contributed by atoms with E-state index in [-0.39, 0.29) is 24.1 Å². The predicted molar refractivity (Wildman–Crippen MR) is 81.9 cm³/mol. The fraction of sp³-hybridized carbons (Fsp3) is 0.500. The van der Waals surface area contributed by atoms with E-state index in [9.17, 15) is 13.6 Å². The van der Waals surface area contributed by atoms with Crippen LogP contribution in [-0.4, -0.2) is 25.5 Å². The zero-order chi connectivity index (χ0) is 16.6. The number of alkyl halides is 2. The van der Waals surface area contributed by atoms with Gasteiger partial charge in [-0.3, -0.25) is 14.2 Å². The zero-order valence-corrected chi connectivity index (χ0v) is 14.1. The van der Waals surface area contributed by atoms with Crippen molar-refractivity contribution in [1.29, 1.82) is 0 Å². The van der Waals surface area contributed by atoms with Gasteiger partial charge in [-0.05, 0) is 28.8 Å². The van der Waals surface area contributed by atoms with E-state index in [2.05, 4.69) is 31.4 Å². The standard InChI is InChI=1S/C14H16BrF2N5O/c1-21-6-8(5-19-21)4-18-10(23)7-22-13(9-2-3-9)11(15)12(20-22)14(16)17/h5-6,9,14H,2-4,7H2,1H3,(H,18,23). The van der Waals surface area contributed by atoms with Crippen LogP contribution in [0.5, 0.6) is 0 Å². The summed E-state index contributed by atoms with van der Waals surface area (Å²) in [4.78, 5) is 12.1. The van der Waals surface area contributed by atoms with Crippen molar-refractivity contribution in [3.63, 3.8) is 0 Å². The van der Waals surface area contributed by atoms with Crippen LogP contribution < -0.4 is 5.32 Å². The molecule has 0 radical (unpaired) electrons. The number of amides is 1. The molecule has 2 aromatic rings. The maximum absolute atomic E-state index is 13.0. The van der Waals surface area contributed by atoms with Crippen LogP contribution >= 0.6 is 15.9 Å². The van der Waals surface area contributed by atoms with Crippen molar-refractivity contribution < 1.29 is 13.6 Å². The van der Waals surface area contributed by atoms with Gasteiger partial charge in [0.2, 0.25) is 5.91 Å². The first kappa shape index (κ1) is 16.1. The van der Waals surface area contributed by atoms with Crippen LogP contribution in [0.4, 0.5) is 8.78 Å². The molecule has 124 valence electrons. The van der Waals surface area contributed by atoms with Gasteiger partial charge in [0.25, 0.3) is 6.43 Å². The largest absolute Gasteiger partial charge is 0.350 e. The average molecular weight is 388 g/mol. The number of aromatic nitrogens is 4. The Morgan fingerprint density at radius 3 is 2.83 bits per heavy atom. The fourth-order valence-electron chi connectivity index (χ4n) is 2.43. The highest BCUT2D eigenvalue weighted by Crippen LogP contribution is 2.45. The van der Waals surface area contributed by atoms with Crippen molar-refractivity contribution in [1.82, 2.24) is 24.9 Å². The van der Waals surface area contributed by atoms with E-state index in [1.165, 1.54) is 4.68 Å². The lowest BCUT2D eigenvalue weighted by Gasteiger charge is -2.07. The summed E-state index contributed by atoms with van der Waals surface area (Å²) in [7, 11) is 1.79. The summed E-state index contributed by atoms with van der Waals surface area (Å²) in [6.45, 7) is 0.271. The second-order valence-electron chi connectivity index (χ2n) is 5.62. The number of carbonyl (C=O) groups excluding carboxylic acids is 1. The highest BCUT2D eigenvalue weighted by molar-refractivity contribution is 9.10. The Morgan fingerprint density at radius 2 is 2.26 bits per heavy atom. The van der Waals surface area contributed by atoms with Gasteiger partial charge in [0.15, 0.2) is 0 Å². The zero-order valence-electron chi connectivity index (χ0n) is 12.5. The van der Waals surface area contributed by atoms with Crippen LogP contribution in [0, 0.1) is 0 Å². The lowest BCUT2D eigenvalue weighted by atomic mass is 10.2. The summed E-state index contributed by atoms with van der Waals surface area (Å²) in [6, 6.07) is 0. The smallest absolute Gasteiger partial charge is 0.283 e. The third-order valence-electron chi connectivity index (χ3n) is 3.67. The Labute approximate surface area is 140 Å². The minimum atomic E-state index is -2.67. The summed E-state index contributed by atoms with van der Waals surface area (Å²) >= 11 is 3.21. The lowest BCUT2D eigenvalue weighted by Crippen LogP contribution is -2.28. The molecule has 3 rings (SSSR count). The average Bonchev–Trinajstić information content (AvgIpc) is 3.15. The van der Waals surface area contributed by atoms with Gasteiger partial charge in [0.05, 0.1) is 16.4 Å². The molecule has 0 aromatic carbocycles. The number of halogens is 3. The Morgan fingerprint density at radius 1 is 1.52 bits per heavy atom. The van der Waals surface area contributed by atoms with Crippen LogP contribution in [0.25, 0.3) is 0 Å². The van der Waals surface area contributed by atoms with Crippen LogP contribution in [0.15, 0.2) is 16.9 Å². The van der Waals surface area contributed by atoms with E-state index < -0.39 is 6.43 Å². The Kier molecular flexibility index (Phi) is 4.47. The van der Waals surface area contributed by atoms with Crippen molar-refractivity contribution in [2.45, 2.75) is 38.3 Å². The van der Waals surface area contributed by atoms with Gasteiger partial charge in [-0.2, -0.15) is 10.2 Å². The number of nitrogens with zero attached hydrogens (tertiary/aromatic N) is 4. The van der Waals surface area contributed by atoms with E-state index >= 15 is 0 Å². The van der Waals surface area contributed by atoms with Crippen LogP contribution in [0.2, 0.25) is 0 Å². The molecule has 1 aliphatic carbocycles. The maximum Gasteiger partial charge on any atom is 0.283 e. The molecular weight excluding hydrogens is 372 g/mol. The molecule has 2 aromatic heterocycles. The molecule has 1 amide bonds. The quantitative estimate of drug-likeness (QED) is 0.827. The molecule has 2 heterocycles. The number of carbonyl (C=O) groups is 1. The first-order chi connectivity index (χ1) is 11.0. The third-order valence-corrected chi connectivity index (χ3v) is 4.48. The minimum absolute atomic E-state index is 0.0720. The molecule has 0 saturated heterocycles. The maximum atomic E-state index is 13.0. The van der Waals surface area contributed by atoms with Gasteiger partial charge in [-0.1, -0.05) is 0 Å². The summed E-state index contributed by atoms with van der Waals surface area (Å²) in [6.07, 6.45) is 2.67. The van der Waals surface area contributed by atoms with Gasteiger partial charge >= 0.3 is 0 Å². The van der Waals surface area contributed by atoms with Gasteiger partial charge in [-0.15, -0.1) is 0 Å². The van der Waals surface area contributed by atoms with E-state index in [4.69, 9.17) is 0 Å². The molecular formula is C14H16BrF2N5O. The molecule has 0 atom stereocenters. The summed E-state index contributed by atoms with van der Waals surface area (Å²) in [5, 5.41) is 10.7. The topological polar surface area (TPSA) is 64.7 Å². The third kappa shape index (κ3) is 3.60. The van der Waals surface area contributed by atoms with Crippen LogP contribution in [0.3, 0.4) is 0 Å². The van der Waals surface area contributed by atoms with E-state index in [1.54, 1.807) is 24.1 Å². The molecule has 0 spiro atoms. The second-order valence-corrected chi connectivity index (χ2v) is 6.41. The Hall–Kier alpha value is -1.77. The van der Waals surface area contributed by atoms with Crippen LogP contribution in [-0.2, 0) is 24.9 Å². The number of aryl methyl sites for hydroxylation is 1. The highest BCUT2D eigenvalue weighted by Gasteiger charge is 2.34. The van der Waals surface area contributed by atoms with Crippen molar-refractivity contribution in [2.75, 3.05) is 0 Å². The van der Waals surface area contributed by atoms with Crippen molar-refractivity contribution in [3.05, 3.63) is 33.8 Å². The summed E-state index contributed by atoms with van der Waals surface area (Å²) in [5.74, 6) is -0.0675. The molecule has 0 aliphatic heterocycles. The van der Waals surface area contributed by atoms with Gasteiger partial charge in [0, 0.05) is 31.3 Å². The van der Waals surface area contributed by atoms with Crippen molar-refractivity contribution in [3.8, 4) is 0 Å². The predicted octanol–water partition coefficient (Wildman–Crippen LogP) is 2.51.